The van der Waals surface area contributed by atoms with E-state index in [4.69, 9.17) is 23.2 Å². The van der Waals surface area contributed by atoms with Crippen molar-refractivity contribution in [3.63, 3.8) is 0 Å². The molecule has 2 atom stereocenters. The van der Waals surface area contributed by atoms with Gasteiger partial charge in [-0.15, -0.1) is 0 Å². The Labute approximate surface area is 95.7 Å². The fourth-order valence-corrected chi connectivity index (χ4v) is 0. The zero-order valence-electron chi connectivity index (χ0n) is 7.67. The van der Waals surface area contributed by atoms with Gasteiger partial charge in [-0.25, -0.2) is 9.59 Å². The number of hydrogen-bond donors (Lipinski definition) is 4. The Hall–Kier alpha value is -0.457. The number of rotatable bonds is 2. The first-order valence-electron chi connectivity index (χ1n) is 3.31. The molecule has 0 heterocycles. The van der Waals surface area contributed by atoms with Crippen molar-refractivity contribution in [1.29, 1.82) is 0 Å². The van der Waals surface area contributed by atoms with Gasteiger partial charge < -0.3 is 20.4 Å². The summed E-state index contributed by atoms with van der Waals surface area (Å²) in [6.45, 7) is 2.39. The Bertz CT molecular complexity index is 150. The molecule has 0 aliphatic rings. The monoisotopic (exact) mass is 286 g/mol. The summed E-state index contributed by atoms with van der Waals surface area (Å²) in [5.74, 6) is -2.37. The summed E-state index contributed by atoms with van der Waals surface area (Å²) in [5, 5.41) is 31.5. The van der Waals surface area contributed by atoms with Gasteiger partial charge in [0.25, 0.3) is 0 Å². The van der Waals surface area contributed by atoms with Gasteiger partial charge in [0.15, 0.2) is 0 Å². The number of carbonyl (C=O) groups is 2. The van der Waals surface area contributed by atoms with Crippen LogP contribution in [-0.4, -0.2) is 44.6 Å². The standard InChI is InChI=1S/2C3H6O3.O.Zr/c2*1-2(4)3(5)6;;/h2*2,4H,1H3,(H,5,6);;. The van der Waals surface area contributed by atoms with Crippen molar-refractivity contribution < 1.29 is 57.6 Å². The molecule has 82 valence electrons. The molecule has 7 nitrogen and oxygen atoms in total. The molecule has 0 aromatic carbocycles. The zero-order valence-corrected chi connectivity index (χ0v) is 10.1. The molecule has 0 saturated carbocycles. The van der Waals surface area contributed by atoms with E-state index < -0.39 is 24.1 Å². The van der Waals surface area contributed by atoms with E-state index in [1.54, 1.807) is 0 Å². The third kappa shape index (κ3) is 22.6. The van der Waals surface area contributed by atoms with Gasteiger partial charge in [0.1, 0.15) is 12.2 Å². The molecule has 0 saturated heterocycles. The minimum atomic E-state index is -1.23. The summed E-state index contributed by atoms with van der Waals surface area (Å²) in [6.07, 6.45) is -2.46. The van der Waals surface area contributed by atoms with E-state index in [0.29, 0.717) is 24.7 Å². The van der Waals surface area contributed by atoms with Crippen molar-refractivity contribution in [1.82, 2.24) is 0 Å². The van der Waals surface area contributed by atoms with Crippen LogP contribution in [0.4, 0.5) is 0 Å². The van der Waals surface area contributed by atoms with Gasteiger partial charge in [-0.05, 0) is 13.8 Å². The van der Waals surface area contributed by atoms with Crippen LogP contribution in [0.3, 0.4) is 0 Å². The van der Waals surface area contributed by atoms with Gasteiger partial charge in [-0.3, -0.25) is 0 Å². The molecule has 0 radical (unpaired) electrons. The molecule has 0 amide bonds. The number of carboxylic acid groups (broad SMARTS) is 2. The molecule has 0 fully saturated rings. The third-order valence-corrected chi connectivity index (χ3v) is 0.715. The Morgan fingerprint density at radius 2 is 1.00 bits per heavy atom. The molecule has 2 unspecified atom stereocenters. The van der Waals surface area contributed by atoms with Crippen LogP contribution in [0, 0.1) is 0 Å². The van der Waals surface area contributed by atoms with Crippen molar-refractivity contribution in [2.75, 3.05) is 0 Å². The van der Waals surface area contributed by atoms with Crippen LogP contribution < -0.4 is 0 Å². The average molecular weight is 287 g/mol. The van der Waals surface area contributed by atoms with Crippen LogP contribution in [0.15, 0.2) is 0 Å². The van der Waals surface area contributed by atoms with Crippen molar-refractivity contribution >= 4 is 11.9 Å². The molecule has 0 spiro atoms. The van der Waals surface area contributed by atoms with Gasteiger partial charge in [0.2, 0.25) is 0 Å². The van der Waals surface area contributed by atoms with Gasteiger partial charge in [0, 0.05) is 0 Å². The Kier molecular flexibility index (Phi) is 17.2. The van der Waals surface area contributed by atoms with E-state index in [-0.39, 0.29) is 0 Å². The molecule has 0 aliphatic carbocycles. The topological polar surface area (TPSA) is 132 Å². The minimum absolute atomic E-state index is 0.300. The van der Waals surface area contributed by atoms with E-state index in [0.717, 1.165) is 0 Å². The van der Waals surface area contributed by atoms with Crippen molar-refractivity contribution in [2.45, 2.75) is 26.1 Å². The third-order valence-electron chi connectivity index (χ3n) is 0.715. The number of aliphatic hydroxyl groups is 2. The molecule has 14 heavy (non-hydrogen) atoms. The number of carboxylic acids is 2. The maximum absolute atomic E-state index is 9.45. The first-order chi connectivity index (χ1) is 6.29. The Balaban J connectivity index is -0.000000147. The molecule has 0 bridgehead atoms. The summed E-state index contributed by atoms with van der Waals surface area (Å²) >= 11 is 0.300. The predicted molar refractivity (Wildman–Crippen MR) is 39.3 cm³/mol. The van der Waals surface area contributed by atoms with E-state index in [9.17, 15) is 9.59 Å². The van der Waals surface area contributed by atoms with Crippen LogP contribution in [0.25, 0.3) is 0 Å². The SMILES string of the molecule is CC(O)C(=O)O.CC(O)C(=O)O.[O]=[Zr]. The predicted octanol–water partition coefficient (Wildman–Crippen LogP) is -1.22. The second-order valence-electron chi connectivity index (χ2n) is 2.03. The summed E-state index contributed by atoms with van der Waals surface area (Å²) in [6, 6.07) is 0. The quantitative estimate of drug-likeness (QED) is 0.500. The van der Waals surface area contributed by atoms with Crippen LogP contribution in [0.1, 0.15) is 13.8 Å². The second-order valence-corrected chi connectivity index (χ2v) is 2.03. The van der Waals surface area contributed by atoms with Crippen molar-refractivity contribution in [2.24, 2.45) is 0 Å². The second kappa shape index (κ2) is 12.5. The molecule has 4 N–H and O–H groups in total. The van der Waals surface area contributed by atoms with Crippen LogP contribution in [0.2, 0.25) is 0 Å². The number of aliphatic hydroxyl groups excluding tert-OH is 2. The number of hydrogen-bond acceptors (Lipinski definition) is 5. The molecule has 0 aromatic rings. The average Bonchev–Trinajstić information content (AvgIpc) is 2.08. The first kappa shape index (κ1) is 19.2. The normalized spacial score (nSPS) is 11.9. The number of aliphatic carboxylic acids is 2. The summed E-state index contributed by atoms with van der Waals surface area (Å²) in [4.78, 5) is 18.9. The van der Waals surface area contributed by atoms with E-state index in [1.165, 1.54) is 13.8 Å². The maximum atomic E-state index is 9.45. The fourth-order valence-electron chi connectivity index (χ4n) is 0. The summed E-state index contributed by atoms with van der Waals surface area (Å²) in [5.41, 5.74) is 0. The molecular formula is C6H12O7Zr. The van der Waals surface area contributed by atoms with E-state index in [2.05, 4.69) is 0 Å². The summed E-state index contributed by atoms with van der Waals surface area (Å²) in [7, 11) is 0. The zero-order chi connectivity index (χ0) is 12.3. The Morgan fingerprint density at radius 3 is 1.00 bits per heavy atom. The fraction of sp³-hybridized carbons (Fsp3) is 0.667. The van der Waals surface area contributed by atoms with Gasteiger partial charge >= 0.3 is 39.5 Å². The molecular weight excluding hydrogens is 275 g/mol. The van der Waals surface area contributed by atoms with Crippen LogP contribution >= 0.6 is 0 Å². The van der Waals surface area contributed by atoms with Gasteiger partial charge in [-0.2, -0.15) is 0 Å². The van der Waals surface area contributed by atoms with E-state index >= 15 is 0 Å². The van der Waals surface area contributed by atoms with Crippen LogP contribution in [0.5, 0.6) is 0 Å². The van der Waals surface area contributed by atoms with Gasteiger partial charge in [-0.1, -0.05) is 0 Å². The van der Waals surface area contributed by atoms with Crippen LogP contribution in [-0.2, 0) is 37.1 Å². The van der Waals surface area contributed by atoms with Gasteiger partial charge in [0.05, 0.1) is 0 Å². The summed E-state index contributed by atoms with van der Waals surface area (Å²) < 4.78 is 8.34. The van der Waals surface area contributed by atoms with Crippen molar-refractivity contribution in [3.8, 4) is 0 Å². The Morgan fingerprint density at radius 1 is 0.929 bits per heavy atom. The molecule has 0 aliphatic heterocycles. The van der Waals surface area contributed by atoms with E-state index in [1.807, 2.05) is 0 Å². The molecule has 8 heteroatoms. The molecule has 0 aromatic heterocycles. The molecule has 0 rings (SSSR count). The first-order valence-corrected chi connectivity index (χ1v) is 4.31. The van der Waals surface area contributed by atoms with Crippen molar-refractivity contribution in [3.05, 3.63) is 0 Å².